The van der Waals surface area contributed by atoms with Crippen LogP contribution < -0.4 is 4.84 Å². The van der Waals surface area contributed by atoms with Crippen LogP contribution in [0.3, 0.4) is 0 Å². The number of halogens is 2. The Morgan fingerprint density at radius 3 is 2.27 bits per heavy atom. The van der Waals surface area contributed by atoms with Crippen LogP contribution in [0.15, 0.2) is 48.5 Å². The summed E-state index contributed by atoms with van der Waals surface area (Å²) in [6.07, 6.45) is 0.0118. The summed E-state index contributed by atoms with van der Waals surface area (Å²) in [6, 6.07) is 11.2. The molecule has 0 spiro atoms. The molecule has 6 nitrogen and oxygen atoms in total. The van der Waals surface area contributed by atoms with E-state index in [0.717, 1.165) is 10.8 Å². The summed E-state index contributed by atoms with van der Waals surface area (Å²) >= 11 is 5.87. The molecule has 30 heavy (non-hydrogen) atoms. The lowest BCUT2D eigenvalue weighted by atomic mass is 9.83. The van der Waals surface area contributed by atoms with Gasteiger partial charge < -0.3 is 9.94 Å². The van der Waals surface area contributed by atoms with Crippen molar-refractivity contribution in [2.24, 2.45) is 5.41 Å². The maximum Gasteiger partial charge on any atom is 0.350 e. The fourth-order valence-corrected chi connectivity index (χ4v) is 3.39. The Hall–Kier alpha value is -3.19. The average Bonchev–Trinajstić information content (AvgIpc) is 3.06. The minimum Gasteiger partial charge on any atom is -0.480 e. The number of carboxylic acids is 1. The van der Waals surface area contributed by atoms with Gasteiger partial charge in [0, 0.05) is 16.0 Å². The number of rotatable bonds is 7. The molecule has 3 aromatic rings. The standard InChI is InChI=1S/C22H19ClFNO5/c1-3-22(4-2,20(27)28)21(29)30-25-17-10-9-16(24)11-14(17)12-18(25)19(26)13-5-7-15(23)8-6-13/h5-12H,3-4H2,1-2H3,(H,27,28). The van der Waals surface area contributed by atoms with Crippen LogP contribution in [0.5, 0.6) is 0 Å². The molecule has 0 aliphatic heterocycles. The minimum atomic E-state index is -1.77. The average molecular weight is 432 g/mol. The van der Waals surface area contributed by atoms with Crippen LogP contribution in [-0.4, -0.2) is 27.6 Å². The number of ketones is 1. The van der Waals surface area contributed by atoms with Crippen molar-refractivity contribution in [3.8, 4) is 0 Å². The van der Waals surface area contributed by atoms with Gasteiger partial charge in [-0.25, -0.2) is 9.18 Å². The smallest absolute Gasteiger partial charge is 0.350 e. The number of hydrogen-bond donors (Lipinski definition) is 1. The molecule has 3 rings (SSSR count). The maximum absolute atomic E-state index is 13.7. The number of carboxylic acid groups (broad SMARTS) is 1. The molecular formula is C22H19ClFNO5. The van der Waals surface area contributed by atoms with Crippen molar-refractivity contribution in [3.05, 3.63) is 70.6 Å². The largest absolute Gasteiger partial charge is 0.480 e. The van der Waals surface area contributed by atoms with Crippen molar-refractivity contribution in [2.75, 3.05) is 0 Å². The van der Waals surface area contributed by atoms with E-state index in [0.29, 0.717) is 10.4 Å². The summed E-state index contributed by atoms with van der Waals surface area (Å²) in [4.78, 5) is 43.2. The van der Waals surface area contributed by atoms with Gasteiger partial charge in [0.15, 0.2) is 5.41 Å². The molecule has 0 saturated carbocycles. The Morgan fingerprint density at radius 1 is 1.07 bits per heavy atom. The molecule has 1 aromatic heterocycles. The highest BCUT2D eigenvalue weighted by Gasteiger charge is 2.45. The molecule has 0 amide bonds. The number of nitrogens with zero attached hydrogens (tertiary/aromatic N) is 1. The second-order valence-corrected chi connectivity index (χ2v) is 7.27. The van der Waals surface area contributed by atoms with Crippen LogP contribution in [-0.2, 0) is 9.59 Å². The third kappa shape index (κ3) is 3.68. The number of benzene rings is 2. The lowest BCUT2D eigenvalue weighted by Crippen LogP contribution is -2.44. The van der Waals surface area contributed by atoms with Gasteiger partial charge >= 0.3 is 11.9 Å². The molecule has 1 N–H and O–H groups in total. The predicted molar refractivity (Wildman–Crippen MR) is 109 cm³/mol. The molecule has 1 heterocycles. The lowest BCUT2D eigenvalue weighted by Gasteiger charge is -2.24. The van der Waals surface area contributed by atoms with Crippen molar-refractivity contribution < 1.29 is 28.7 Å². The maximum atomic E-state index is 13.7. The van der Waals surface area contributed by atoms with Gasteiger partial charge in [-0.05, 0) is 61.4 Å². The molecule has 0 bridgehead atoms. The number of aromatic nitrogens is 1. The van der Waals surface area contributed by atoms with Crippen LogP contribution in [0.2, 0.25) is 5.02 Å². The summed E-state index contributed by atoms with van der Waals surface area (Å²) in [7, 11) is 0. The summed E-state index contributed by atoms with van der Waals surface area (Å²) in [5.74, 6) is -3.35. The van der Waals surface area contributed by atoms with Gasteiger partial charge in [-0.1, -0.05) is 25.4 Å². The number of hydrogen-bond acceptors (Lipinski definition) is 4. The fourth-order valence-electron chi connectivity index (χ4n) is 3.27. The molecule has 156 valence electrons. The van der Waals surface area contributed by atoms with Crippen molar-refractivity contribution in [1.82, 2.24) is 4.73 Å². The lowest BCUT2D eigenvalue weighted by molar-refractivity contribution is -0.169. The van der Waals surface area contributed by atoms with Gasteiger partial charge in [0.25, 0.3) is 0 Å². The molecule has 2 aromatic carbocycles. The van der Waals surface area contributed by atoms with Crippen molar-refractivity contribution >= 4 is 40.2 Å². The van der Waals surface area contributed by atoms with Crippen LogP contribution in [0.4, 0.5) is 4.39 Å². The zero-order chi connectivity index (χ0) is 22.1. The molecule has 0 aliphatic rings. The van der Waals surface area contributed by atoms with Gasteiger partial charge in [0.2, 0.25) is 5.78 Å². The van der Waals surface area contributed by atoms with Gasteiger partial charge in [-0.2, -0.15) is 4.73 Å². The van der Waals surface area contributed by atoms with E-state index in [1.165, 1.54) is 42.5 Å². The number of fused-ring (bicyclic) bond motifs is 1. The van der Waals surface area contributed by atoms with E-state index in [9.17, 15) is 23.9 Å². The summed E-state index contributed by atoms with van der Waals surface area (Å²) < 4.78 is 14.7. The van der Waals surface area contributed by atoms with Crippen LogP contribution >= 0.6 is 11.6 Å². The minimum absolute atomic E-state index is 0.00591. The van der Waals surface area contributed by atoms with E-state index in [-0.39, 0.29) is 29.6 Å². The second-order valence-electron chi connectivity index (χ2n) is 6.84. The third-order valence-corrected chi connectivity index (χ3v) is 5.49. The molecule has 0 aliphatic carbocycles. The highest BCUT2D eigenvalue weighted by molar-refractivity contribution is 6.30. The molecule has 8 heteroatoms. The number of carbonyl (C=O) groups excluding carboxylic acids is 2. The molecule has 0 atom stereocenters. The zero-order valence-corrected chi connectivity index (χ0v) is 17.1. The van der Waals surface area contributed by atoms with E-state index in [4.69, 9.17) is 16.4 Å². The topological polar surface area (TPSA) is 85.6 Å². The van der Waals surface area contributed by atoms with Gasteiger partial charge in [0.05, 0.1) is 5.52 Å². The normalized spacial score (nSPS) is 11.5. The first-order valence-electron chi connectivity index (χ1n) is 9.31. The van der Waals surface area contributed by atoms with E-state index >= 15 is 0 Å². The van der Waals surface area contributed by atoms with E-state index < -0.39 is 29.0 Å². The van der Waals surface area contributed by atoms with Gasteiger partial charge in [-0.15, -0.1) is 0 Å². The quantitative estimate of drug-likeness (QED) is 0.439. The number of aliphatic carboxylic acids is 1. The Labute approximate surface area is 176 Å². The Balaban J connectivity index is 2.14. The Bertz CT molecular complexity index is 1130. The third-order valence-electron chi connectivity index (χ3n) is 5.24. The first-order chi connectivity index (χ1) is 14.2. The summed E-state index contributed by atoms with van der Waals surface area (Å²) in [5, 5.41) is 10.4. The molecule has 0 unspecified atom stereocenters. The number of carbonyl (C=O) groups is 3. The van der Waals surface area contributed by atoms with Gasteiger partial charge in [0.1, 0.15) is 11.5 Å². The Morgan fingerprint density at radius 2 is 1.70 bits per heavy atom. The van der Waals surface area contributed by atoms with E-state index in [1.54, 1.807) is 13.8 Å². The van der Waals surface area contributed by atoms with Crippen LogP contribution in [0.1, 0.15) is 42.7 Å². The summed E-state index contributed by atoms with van der Waals surface area (Å²) in [6.45, 7) is 3.14. The fraction of sp³-hybridized carbons (Fsp3) is 0.227. The molecule has 0 saturated heterocycles. The SMILES string of the molecule is CCC(CC)(C(=O)O)C(=O)On1c(C(=O)c2ccc(Cl)cc2)cc2cc(F)ccc21. The Kier molecular flexibility index (Phi) is 5.94. The van der Waals surface area contributed by atoms with Gasteiger partial charge in [-0.3, -0.25) is 9.59 Å². The molecular weight excluding hydrogens is 413 g/mol. The molecule has 0 fully saturated rings. The zero-order valence-electron chi connectivity index (χ0n) is 16.3. The molecule has 0 radical (unpaired) electrons. The van der Waals surface area contributed by atoms with Crippen LogP contribution in [0.25, 0.3) is 10.9 Å². The highest BCUT2D eigenvalue weighted by Crippen LogP contribution is 2.29. The highest BCUT2D eigenvalue weighted by atomic mass is 35.5. The summed E-state index contributed by atoms with van der Waals surface area (Å²) in [5.41, 5.74) is -1.28. The van der Waals surface area contributed by atoms with Crippen molar-refractivity contribution in [2.45, 2.75) is 26.7 Å². The first-order valence-corrected chi connectivity index (χ1v) is 9.68. The van der Waals surface area contributed by atoms with E-state index in [1.807, 2.05) is 0 Å². The second kappa shape index (κ2) is 8.28. The monoisotopic (exact) mass is 431 g/mol. The predicted octanol–water partition coefficient (Wildman–Crippen LogP) is 4.51. The first kappa shape index (κ1) is 21.5. The van der Waals surface area contributed by atoms with Crippen LogP contribution in [0, 0.1) is 11.2 Å². The van der Waals surface area contributed by atoms with Crippen molar-refractivity contribution in [3.63, 3.8) is 0 Å². The van der Waals surface area contributed by atoms with Crippen molar-refractivity contribution in [1.29, 1.82) is 0 Å². The van der Waals surface area contributed by atoms with E-state index in [2.05, 4.69) is 0 Å².